The van der Waals surface area contributed by atoms with Gasteiger partial charge in [0.25, 0.3) is 0 Å². The minimum absolute atomic E-state index is 0.528. The molecule has 1 atom stereocenters. The fourth-order valence-corrected chi connectivity index (χ4v) is 4.91. The molecule has 2 heterocycles. The zero-order chi connectivity index (χ0) is 17.8. The highest BCUT2D eigenvalue weighted by atomic mass is 79.9. The second kappa shape index (κ2) is 8.53. The molecule has 3 nitrogen and oxygen atoms in total. The zero-order valence-corrected chi connectivity index (χ0v) is 16.9. The summed E-state index contributed by atoms with van der Waals surface area (Å²) in [5, 5.41) is 3.68. The summed E-state index contributed by atoms with van der Waals surface area (Å²) in [6.07, 6.45) is 10.3. The third kappa shape index (κ3) is 4.29. The molecule has 4 rings (SSSR count). The van der Waals surface area contributed by atoms with Crippen molar-refractivity contribution in [1.29, 1.82) is 0 Å². The maximum Gasteiger partial charge on any atom is 0.0608 e. The molecule has 1 N–H and O–H groups in total. The van der Waals surface area contributed by atoms with Crippen LogP contribution in [0.25, 0.3) is 0 Å². The molecular weight excluding hydrogens is 386 g/mol. The average molecular weight is 414 g/mol. The van der Waals surface area contributed by atoms with Gasteiger partial charge in [0.1, 0.15) is 0 Å². The lowest BCUT2D eigenvalue weighted by Crippen LogP contribution is -2.40. The van der Waals surface area contributed by atoms with E-state index in [1.807, 2.05) is 12.3 Å². The van der Waals surface area contributed by atoms with Crippen LogP contribution in [0.5, 0.6) is 0 Å². The smallest absolute Gasteiger partial charge is 0.0608 e. The van der Waals surface area contributed by atoms with Gasteiger partial charge < -0.3 is 10.2 Å². The van der Waals surface area contributed by atoms with E-state index in [0.717, 1.165) is 35.7 Å². The second-order valence-electron chi connectivity index (χ2n) is 7.73. The monoisotopic (exact) mass is 413 g/mol. The van der Waals surface area contributed by atoms with Crippen LogP contribution in [-0.2, 0) is 13.1 Å². The Kier molecular flexibility index (Phi) is 5.91. The topological polar surface area (TPSA) is 28.2 Å². The van der Waals surface area contributed by atoms with Crippen LogP contribution in [0.4, 0.5) is 5.69 Å². The van der Waals surface area contributed by atoms with E-state index in [1.54, 1.807) is 0 Å². The fourth-order valence-electron chi connectivity index (χ4n) is 4.53. The molecule has 1 aromatic heterocycles. The Bertz CT molecular complexity index is 727. The number of hydrogen-bond donors (Lipinski definition) is 1. The highest BCUT2D eigenvalue weighted by Gasteiger charge is 2.26. The molecule has 2 aliphatic rings. The lowest BCUT2D eigenvalue weighted by Gasteiger charge is -2.33. The van der Waals surface area contributed by atoms with Crippen LogP contribution in [0, 0.1) is 5.92 Å². The maximum absolute atomic E-state index is 4.62. The number of anilines is 1. The molecule has 0 saturated heterocycles. The van der Waals surface area contributed by atoms with Crippen molar-refractivity contribution in [3.63, 3.8) is 0 Å². The Morgan fingerprint density at radius 1 is 1.12 bits per heavy atom. The molecule has 1 aliphatic carbocycles. The van der Waals surface area contributed by atoms with Gasteiger partial charge in [-0.25, -0.2) is 0 Å². The summed E-state index contributed by atoms with van der Waals surface area (Å²) in [5.41, 5.74) is 3.89. The molecule has 0 radical (unpaired) electrons. The molecule has 1 saturated carbocycles. The third-order valence-corrected chi connectivity index (χ3v) is 6.42. The molecule has 0 spiro atoms. The fraction of sp³-hybridized carbons (Fsp3) is 0.500. The van der Waals surface area contributed by atoms with Gasteiger partial charge in [-0.15, -0.1) is 0 Å². The predicted molar refractivity (Wildman–Crippen MR) is 111 cm³/mol. The molecule has 1 fully saturated rings. The van der Waals surface area contributed by atoms with E-state index in [9.17, 15) is 0 Å². The second-order valence-corrected chi connectivity index (χ2v) is 8.65. The van der Waals surface area contributed by atoms with Crippen LogP contribution in [-0.4, -0.2) is 17.6 Å². The summed E-state index contributed by atoms with van der Waals surface area (Å²) in [4.78, 5) is 7.21. The van der Waals surface area contributed by atoms with Crippen LogP contribution in [0.15, 0.2) is 47.1 Å². The zero-order valence-electron chi connectivity index (χ0n) is 15.3. The highest BCUT2D eigenvalue weighted by molar-refractivity contribution is 9.10. The number of nitrogens with zero attached hydrogens (tertiary/aromatic N) is 2. The first-order valence-corrected chi connectivity index (χ1v) is 10.7. The average Bonchev–Trinajstić information content (AvgIpc) is 3.11. The largest absolute Gasteiger partial charge is 0.361 e. The van der Waals surface area contributed by atoms with E-state index < -0.39 is 0 Å². The normalized spacial score (nSPS) is 20.8. The Morgan fingerprint density at radius 3 is 2.81 bits per heavy atom. The Labute approximate surface area is 165 Å². The standard InChI is InChI=1S/C22H28BrN3/c23-19-11-12-25-20(13-19)16-26-21(10-9-17-5-1-2-6-17)15-24-14-18-7-3-4-8-22(18)26/h3-4,7-8,11-13,17,21,24H,1-2,5-6,9-10,14-16H2. The van der Waals surface area contributed by atoms with Crippen LogP contribution < -0.4 is 10.2 Å². The Hall–Kier alpha value is -1.39. The number of hydrogen-bond acceptors (Lipinski definition) is 3. The molecule has 0 bridgehead atoms. The Balaban J connectivity index is 1.57. The van der Waals surface area contributed by atoms with Crippen molar-refractivity contribution < 1.29 is 0 Å². The number of nitrogens with one attached hydrogen (secondary N) is 1. The lowest BCUT2D eigenvalue weighted by atomic mass is 9.97. The Morgan fingerprint density at radius 2 is 1.96 bits per heavy atom. The number of pyridine rings is 1. The molecule has 2 aromatic rings. The van der Waals surface area contributed by atoms with Crippen molar-refractivity contribution in [2.75, 3.05) is 11.4 Å². The van der Waals surface area contributed by atoms with Gasteiger partial charge in [-0.05, 0) is 42.5 Å². The summed E-state index contributed by atoms with van der Waals surface area (Å²) in [6, 6.07) is 13.5. The quantitative estimate of drug-likeness (QED) is 0.720. The van der Waals surface area contributed by atoms with Crippen molar-refractivity contribution in [2.45, 2.75) is 57.7 Å². The number of para-hydroxylation sites is 1. The molecule has 1 aromatic carbocycles. The minimum Gasteiger partial charge on any atom is -0.361 e. The van der Waals surface area contributed by atoms with E-state index in [-0.39, 0.29) is 0 Å². The first-order valence-electron chi connectivity index (χ1n) is 9.95. The van der Waals surface area contributed by atoms with Crippen molar-refractivity contribution >= 4 is 21.6 Å². The summed E-state index contributed by atoms with van der Waals surface area (Å²) in [7, 11) is 0. The van der Waals surface area contributed by atoms with E-state index in [4.69, 9.17) is 0 Å². The van der Waals surface area contributed by atoms with Gasteiger partial charge in [0.15, 0.2) is 0 Å². The third-order valence-electron chi connectivity index (χ3n) is 5.93. The predicted octanol–water partition coefficient (Wildman–Crippen LogP) is 5.29. The number of rotatable bonds is 5. The first kappa shape index (κ1) is 18.0. The van der Waals surface area contributed by atoms with Gasteiger partial charge in [-0.2, -0.15) is 0 Å². The first-order chi connectivity index (χ1) is 12.8. The van der Waals surface area contributed by atoms with Crippen LogP contribution in [0.3, 0.4) is 0 Å². The van der Waals surface area contributed by atoms with Crippen LogP contribution in [0.2, 0.25) is 0 Å². The van der Waals surface area contributed by atoms with E-state index in [2.05, 4.69) is 61.5 Å². The maximum atomic E-state index is 4.62. The van der Waals surface area contributed by atoms with Gasteiger partial charge in [0.2, 0.25) is 0 Å². The molecule has 4 heteroatoms. The van der Waals surface area contributed by atoms with Gasteiger partial charge in [0, 0.05) is 35.5 Å². The van der Waals surface area contributed by atoms with Crippen molar-refractivity contribution in [3.05, 3.63) is 58.3 Å². The van der Waals surface area contributed by atoms with Crippen molar-refractivity contribution in [2.24, 2.45) is 5.92 Å². The number of fused-ring (bicyclic) bond motifs is 1. The molecule has 1 aliphatic heterocycles. The molecule has 138 valence electrons. The van der Waals surface area contributed by atoms with Gasteiger partial charge >= 0.3 is 0 Å². The van der Waals surface area contributed by atoms with Crippen molar-refractivity contribution in [3.8, 4) is 0 Å². The molecule has 0 amide bonds. The number of benzene rings is 1. The summed E-state index contributed by atoms with van der Waals surface area (Å²) >= 11 is 3.59. The minimum atomic E-state index is 0.528. The van der Waals surface area contributed by atoms with E-state index in [0.29, 0.717) is 6.04 Å². The SMILES string of the molecule is Brc1ccnc(CN2c3ccccc3CNCC2CCC2CCCC2)c1. The van der Waals surface area contributed by atoms with Crippen LogP contribution >= 0.6 is 15.9 Å². The summed E-state index contributed by atoms with van der Waals surface area (Å²) in [6.45, 7) is 2.88. The van der Waals surface area contributed by atoms with E-state index in [1.165, 1.54) is 49.8 Å². The number of halogens is 1. The van der Waals surface area contributed by atoms with Gasteiger partial charge in [0.05, 0.1) is 12.2 Å². The summed E-state index contributed by atoms with van der Waals surface area (Å²) in [5.74, 6) is 0.944. The van der Waals surface area contributed by atoms with Crippen LogP contribution in [0.1, 0.15) is 49.8 Å². The lowest BCUT2D eigenvalue weighted by molar-refractivity contribution is 0.423. The van der Waals surface area contributed by atoms with Gasteiger partial charge in [-0.1, -0.05) is 59.8 Å². The molecule has 26 heavy (non-hydrogen) atoms. The number of aromatic nitrogens is 1. The summed E-state index contributed by atoms with van der Waals surface area (Å²) < 4.78 is 1.10. The molecule has 1 unspecified atom stereocenters. The highest BCUT2D eigenvalue weighted by Crippen LogP contribution is 2.32. The van der Waals surface area contributed by atoms with E-state index >= 15 is 0 Å². The molecular formula is C22H28BrN3. The van der Waals surface area contributed by atoms with Crippen molar-refractivity contribution in [1.82, 2.24) is 10.3 Å². The van der Waals surface area contributed by atoms with Gasteiger partial charge in [-0.3, -0.25) is 4.98 Å².